The quantitative estimate of drug-likeness (QED) is 0.805. The van der Waals surface area contributed by atoms with Crippen LogP contribution in [0.3, 0.4) is 0 Å². The fraction of sp³-hybridized carbons (Fsp3) is 0.300. The summed E-state index contributed by atoms with van der Waals surface area (Å²) in [5, 5.41) is 5.95. The second-order valence-electron chi connectivity index (χ2n) is 6.42. The van der Waals surface area contributed by atoms with Crippen LogP contribution in [0.2, 0.25) is 0 Å². The van der Waals surface area contributed by atoms with Gasteiger partial charge in [-0.2, -0.15) is 5.10 Å². The third-order valence-electron chi connectivity index (χ3n) is 4.61. The molecule has 3 rings (SSSR count). The summed E-state index contributed by atoms with van der Waals surface area (Å²) in [5.41, 5.74) is 2.60. The van der Waals surface area contributed by atoms with Gasteiger partial charge in [-0.25, -0.2) is 13.4 Å². The van der Waals surface area contributed by atoms with Crippen molar-refractivity contribution in [2.45, 2.75) is 26.3 Å². The van der Waals surface area contributed by atoms with Crippen molar-refractivity contribution in [1.82, 2.24) is 5.01 Å². The third-order valence-corrected chi connectivity index (χ3v) is 5.91. The highest BCUT2D eigenvalue weighted by Gasteiger charge is 2.34. The lowest BCUT2D eigenvalue weighted by atomic mass is 9.97. The lowest BCUT2D eigenvalue weighted by Crippen LogP contribution is -2.24. The molecule has 28 heavy (non-hydrogen) atoms. The van der Waals surface area contributed by atoms with Crippen LogP contribution >= 0.6 is 0 Å². The number of carbonyl (C=O) groups excluding carboxylic acids is 1. The first kappa shape index (κ1) is 19.9. The van der Waals surface area contributed by atoms with Crippen molar-refractivity contribution in [3.05, 3.63) is 59.7 Å². The van der Waals surface area contributed by atoms with Crippen LogP contribution in [0.5, 0.6) is 5.75 Å². The van der Waals surface area contributed by atoms with Gasteiger partial charge in [-0.3, -0.25) is 9.52 Å². The summed E-state index contributed by atoms with van der Waals surface area (Å²) in [4.78, 5) is 12.2. The van der Waals surface area contributed by atoms with Gasteiger partial charge in [-0.05, 0) is 19.1 Å². The molecule has 1 N–H and O–H groups in total. The molecule has 148 valence electrons. The van der Waals surface area contributed by atoms with Gasteiger partial charge in [-0.15, -0.1) is 0 Å². The Kier molecular flexibility index (Phi) is 5.69. The highest BCUT2D eigenvalue weighted by Crippen LogP contribution is 2.38. The number of anilines is 1. The maximum atomic E-state index is 12.2. The van der Waals surface area contributed by atoms with Crippen molar-refractivity contribution in [3.63, 3.8) is 0 Å². The average Bonchev–Trinajstić information content (AvgIpc) is 3.13. The van der Waals surface area contributed by atoms with Gasteiger partial charge < -0.3 is 4.74 Å². The zero-order valence-electron chi connectivity index (χ0n) is 16.0. The number of benzene rings is 2. The van der Waals surface area contributed by atoms with E-state index >= 15 is 0 Å². The molecule has 0 saturated heterocycles. The van der Waals surface area contributed by atoms with Crippen LogP contribution in [0, 0.1) is 0 Å². The summed E-state index contributed by atoms with van der Waals surface area (Å²) < 4.78 is 32.1. The van der Waals surface area contributed by atoms with E-state index in [4.69, 9.17) is 4.74 Å². The van der Waals surface area contributed by atoms with E-state index in [0.29, 0.717) is 29.1 Å². The highest BCUT2D eigenvalue weighted by atomic mass is 32.2. The van der Waals surface area contributed by atoms with Crippen LogP contribution in [0.15, 0.2) is 53.6 Å². The van der Waals surface area contributed by atoms with E-state index in [1.165, 1.54) is 11.9 Å². The first-order valence-corrected chi connectivity index (χ1v) is 10.6. The molecule has 8 heteroatoms. The van der Waals surface area contributed by atoms with E-state index in [9.17, 15) is 13.2 Å². The van der Waals surface area contributed by atoms with Gasteiger partial charge in [0, 0.05) is 24.5 Å². The van der Waals surface area contributed by atoms with Crippen molar-refractivity contribution < 1.29 is 17.9 Å². The molecule has 0 spiro atoms. The monoisotopic (exact) mass is 401 g/mol. The van der Waals surface area contributed by atoms with Gasteiger partial charge >= 0.3 is 0 Å². The zero-order chi connectivity index (χ0) is 20.3. The van der Waals surface area contributed by atoms with E-state index in [1.54, 1.807) is 32.2 Å². The summed E-state index contributed by atoms with van der Waals surface area (Å²) >= 11 is 0. The Hall–Kier alpha value is -2.87. The molecule has 2 aromatic carbocycles. The second kappa shape index (κ2) is 8.02. The Balaban J connectivity index is 2.01. The van der Waals surface area contributed by atoms with Gasteiger partial charge in [-0.1, -0.05) is 36.4 Å². The molecule has 0 fully saturated rings. The molecule has 1 heterocycles. The van der Waals surface area contributed by atoms with Crippen molar-refractivity contribution in [3.8, 4) is 5.75 Å². The number of nitrogens with one attached hydrogen (secondary N) is 1. The second-order valence-corrected chi connectivity index (χ2v) is 8.43. The molecule has 0 saturated carbocycles. The molecule has 0 bridgehead atoms. The Morgan fingerprint density at radius 3 is 2.57 bits per heavy atom. The largest absolute Gasteiger partial charge is 0.496 e. The van der Waals surface area contributed by atoms with Gasteiger partial charge in [0.05, 0.1) is 30.3 Å². The van der Waals surface area contributed by atoms with E-state index in [2.05, 4.69) is 9.82 Å². The molecule has 0 radical (unpaired) electrons. The van der Waals surface area contributed by atoms with Crippen LogP contribution in [-0.4, -0.2) is 37.9 Å². The normalized spacial score (nSPS) is 16.6. The molecule has 1 aliphatic rings. The number of methoxy groups -OCH3 is 1. The fourth-order valence-corrected chi connectivity index (χ4v) is 3.87. The summed E-state index contributed by atoms with van der Waals surface area (Å²) in [5.74, 6) is 0.449. The minimum atomic E-state index is -3.44. The first-order valence-electron chi connectivity index (χ1n) is 8.96. The molecule has 1 aliphatic heterocycles. The van der Waals surface area contributed by atoms with Crippen LogP contribution in [0.25, 0.3) is 0 Å². The van der Waals surface area contributed by atoms with Crippen molar-refractivity contribution in [2.75, 3.05) is 17.6 Å². The number of hydrazone groups is 1. The van der Waals surface area contributed by atoms with Crippen molar-refractivity contribution in [2.24, 2.45) is 5.10 Å². The van der Waals surface area contributed by atoms with E-state index < -0.39 is 10.0 Å². The standard InChI is InChI=1S/C20H23N3O4S/c1-4-28(25,26)22-17-11-7-5-9-15(17)18-13-19(23(21-18)14(2)24)16-10-6-8-12-20(16)27-3/h5-12,19,22H,4,13H2,1-3H3. The molecule has 7 nitrogen and oxygen atoms in total. The van der Waals surface area contributed by atoms with E-state index in [1.807, 2.05) is 30.3 Å². The zero-order valence-corrected chi connectivity index (χ0v) is 16.9. The fourth-order valence-electron chi connectivity index (χ4n) is 3.21. The van der Waals surface area contributed by atoms with Crippen LogP contribution in [-0.2, 0) is 14.8 Å². The molecule has 0 aromatic heterocycles. The van der Waals surface area contributed by atoms with Crippen LogP contribution in [0.4, 0.5) is 5.69 Å². The number of hydrogen-bond acceptors (Lipinski definition) is 5. The number of nitrogens with zero attached hydrogens (tertiary/aromatic N) is 2. The van der Waals surface area contributed by atoms with Crippen molar-refractivity contribution in [1.29, 1.82) is 0 Å². The summed E-state index contributed by atoms with van der Waals surface area (Å²) in [6, 6.07) is 14.2. The summed E-state index contributed by atoms with van der Waals surface area (Å²) in [7, 11) is -1.85. The highest BCUT2D eigenvalue weighted by molar-refractivity contribution is 7.92. The van der Waals surface area contributed by atoms with Crippen LogP contribution in [0.1, 0.15) is 37.4 Å². The molecule has 1 atom stereocenters. The van der Waals surface area contributed by atoms with Gasteiger partial charge in [0.1, 0.15) is 5.75 Å². The Labute approximate surface area is 165 Å². The summed E-state index contributed by atoms with van der Waals surface area (Å²) in [6.45, 7) is 3.04. The van der Waals surface area contributed by atoms with E-state index in [-0.39, 0.29) is 17.7 Å². The SMILES string of the molecule is CCS(=O)(=O)Nc1ccccc1C1=NN(C(C)=O)C(c2ccccc2OC)C1. The number of ether oxygens (including phenoxy) is 1. The first-order chi connectivity index (χ1) is 13.4. The lowest BCUT2D eigenvalue weighted by Gasteiger charge is -2.22. The minimum absolute atomic E-state index is 0.0305. The number of amides is 1. The average molecular weight is 401 g/mol. The number of para-hydroxylation sites is 2. The Morgan fingerprint density at radius 1 is 1.21 bits per heavy atom. The molecular formula is C20H23N3O4S. The van der Waals surface area contributed by atoms with Crippen LogP contribution < -0.4 is 9.46 Å². The number of sulfonamides is 1. The van der Waals surface area contributed by atoms with Crippen molar-refractivity contribution >= 4 is 27.3 Å². The predicted molar refractivity (Wildman–Crippen MR) is 109 cm³/mol. The molecule has 2 aromatic rings. The lowest BCUT2D eigenvalue weighted by molar-refractivity contribution is -0.130. The smallest absolute Gasteiger partial charge is 0.240 e. The number of carbonyl (C=O) groups is 1. The third kappa shape index (κ3) is 4.01. The van der Waals surface area contributed by atoms with Gasteiger partial charge in [0.15, 0.2) is 0 Å². The van der Waals surface area contributed by atoms with Gasteiger partial charge in [0.25, 0.3) is 0 Å². The molecule has 1 unspecified atom stereocenters. The Bertz CT molecular complexity index is 1020. The predicted octanol–water partition coefficient (Wildman–Crippen LogP) is 3.15. The molecule has 0 aliphatic carbocycles. The van der Waals surface area contributed by atoms with Gasteiger partial charge in [0.2, 0.25) is 15.9 Å². The van der Waals surface area contributed by atoms with E-state index in [0.717, 1.165) is 5.56 Å². The Morgan fingerprint density at radius 2 is 1.89 bits per heavy atom. The summed E-state index contributed by atoms with van der Waals surface area (Å²) in [6.07, 6.45) is 0.449. The molecule has 1 amide bonds. The molecular weight excluding hydrogens is 378 g/mol. The topological polar surface area (TPSA) is 88.1 Å². The number of rotatable bonds is 6. The minimum Gasteiger partial charge on any atom is -0.496 e. The number of hydrogen-bond donors (Lipinski definition) is 1. The maximum absolute atomic E-state index is 12.2. The maximum Gasteiger partial charge on any atom is 0.240 e.